The second kappa shape index (κ2) is 6.10. The van der Waals surface area contributed by atoms with Crippen LogP contribution < -0.4 is 4.74 Å². The molecule has 0 heterocycles. The van der Waals surface area contributed by atoms with Crippen molar-refractivity contribution in [1.82, 2.24) is 0 Å². The van der Waals surface area contributed by atoms with E-state index < -0.39 is 0 Å². The summed E-state index contributed by atoms with van der Waals surface area (Å²) in [4.78, 5) is 0. The number of hydrogen-bond acceptors (Lipinski definition) is 1. The first-order valence-corrected chi connectivity index (χ1v) is 5.84. The fourth-order valence-corrected chi connectivity index (χ4v) is 1.54. The molecule has 0 fully saturated rings. The molecule has 0 unspecified atom stereocenters. The van der Waals surface area contributed by atoms with Crippen molar-refractivity contribution in [3.8, 4) is 17.2 Å². The SMILES string of the molecule is COc1ccc(C#C[Si]C=C(C)C)cc1. The third kappa shape index (κ3) is 4.53. The Morgan fingerprint density at radius 2 is 1.93 bits per heavy atom. The third-order valence-electron chi connectivity index (χ3n) is 1.73. The lowest BCUT2D eigenvalue weighted by Crippen LogP contribution is -1.83. The Hall–Kier alpha value is -1.46. The first-order valence-electron chi connectivity index (χ1n) is 4.76. The summed E-state index contributed by atoms with van der Waals surface area (Å²) in [6, 6.07) is 7.79. The molecule has 1 aromatic carbocycles. The Balaban J connectivity index is 2.60. The fraction of sp³-hybridized carbons (Fsp3) is 0.231. The van der Waals surface area contributed by atoms with Gasteiger partial charge in [-0.1, -0.05) is 17.2 Å². The molecule has 2 radical (unpaired) electrons. The number of hydrogen-bond donors (Lipinski definition) is 0. The lowest BCUT2D eigenvalue weighted by atomic mass is 10.2. The van der Waals surface area contributed by atoms with Gasteiger partial charge in [-0.15, -0.1) is 5.54 Å². The van der Waals surface area contributed by atoms with Crippen molar-refractivity contribution < 1.29 is 4.74 Å². The van der Waals surface area contributed by atoms with E-state index in [0.29, 0.717) is 9.52 Å². The van der Waals surface area contributed by atoms with Crippen LogP contribution in [0.1, 0.15) is 19.4 Å². The number of allylic oxidation sites excluding steroid dienone is 1. The first kappa shape index (κ1) is 11.6. The highest BCUT2D eigenvalue weighted by Crippen LogP contribution is 2.09. The molecule has 76 valence electrons. The largest absolute Gasteiger partial charge is 0.497 e. The molecule has 0 aliphatic heterocycles. The predicted molar refractivity (Wildman–Crippen MR) is 65.1 cm³/mol. The molecule has 1 rings (SSSR count). The number of methoxy groups -OCH3 is 1. The van der Waals surface area contributed by atoms with E-state index in [1.54, 1.807) is 7.11 Å². The van der Waals surface area contributed by atoms with Crippen molar-refractivity contribution in [2.45, 2.75) is 13.8 Å². The zero-order valence-corrected chi connectivity index (χ0v) is 10.3. The van der Waals surface area contributed by atoms with Crippen LogP contribution in [0.4, 0.5) is 0 Å². The molecule has 0 aromatic heterocycles. The summed E-state index contributed by atoms with van der Waals surface area (Å²) in [5.41, 5.74) is 7.63. The minimum Gasteiger partial charge on any atom is -0.497 e. The second-order valence-corrected chi connectivity index (χ2v) is 4.17. The lowest BCUT2D eigenvalue weighted by molar-refractivity contribution is 0.415. The molecule has 1 nitrogen and oxygen atoms in total. The van der Waals surface area contributed by atoms with Gasteiger partial charge in [0, 0.05) is 5.56 Å². The van der Waals surface area contributed by atoms with Crippen LogP contribution in [0.25, 0.3) is 0 Å². The van der Waals surface area contributed by atoms with Crippen LogP contribution in [0.15, 0.2) is 35.5 Å². The summed E-state index contributed by atoms with van der Waals surface area (Å²) < 4.78 is 5.07. The van der Waals surface area contributed by atoms with Crippen molar-refractivity contribution in [3.63, 3.8) is 0 Å². The van der Waals surface area contributed by atoms with E-state index in [9.17, 15) is 0 Å². The smallest absolute Gasteiger partial charge is 0.178 e. The third-order valence-corrected chi connectivity index (χ3v) is 2.72. The molecule has 0 aliphatic rings. The Bertz CT molecular complexity index is 389. The molecule has 15 heavy (non-hydrogen) atoms. The van der Waals surface area contributed by atoms with E-state index >= 15 is 0 Å². The molecule has 0 N–H and O–H groups in total. The van der Waals surface area contributed by atoms with Crippen molar-refractivity contribution >= 4 is 9.52 Å². The zero-order valence-electron chi connectivity index (χ0n) is 9.29. The van der Waals surface area contributed by atoms with Gasteiger partial charge >= 0.3 is 0 Å². The van der Waals surface area contributed by atoms with Gasteiger partial charge in [-0.3, -0.25) is 0 Å². The topological polar surface area (TPSA) is 9.23 Å². The average molecular weight is 214 g/mol. The fourth-order valence-electron chi connectivity index (χ4n) is 0.963. The summed E-state index contributed by atoms with van der Waals surface area (Å²) in [7, 11) is 2.24. The summed E-state index contributed by atoms with van der Waals surface area (Å²) in [6.07, 6.45) is 0. The highest BCUT2D eigenvalue weighted by atomic mass is 28.2. The minimum absolute atomic E-state index is 0.581. The van der Waals surface area contributed by atoms with Crippen LogP contribution in [0.2, 0.25) is 0 Å². The van der Waals surface area contributed by atoms with Gasteiger partial charge in [-0.2, -0.15) is 0 Å². The van der Waals surface area contributed by atoms with Gasteiger partial charge in [-0.05, 0) is 38.1 Å². The maximum Gasteiger partial charge on any atom is 0.178 e. The summed E-state index contributed by atoms with van der Waals surface area (Å²) >= 11 is 0. The molecular formula is C13H14OSi. The second-order valence-electron chi connectivity index (χ2n) is 3.34. The monoisotopic (exact) mass is 214 g/mol. The van der Waals surface area contributed by atoms with E-state index in [1.807, 2.05) is 24.3 Å². The van der Waals surface area contributed by atoms with E-state index in [0.717, 1.165) is 11.3 Å². The van der Waals surface area contributed by atoms with Crippen LogP contribution in [0.3, 0.4) is 0 Å². The zero-order chi connectivity index (χ0) is 11.1. The molecule has 2 heteroatoms. The number of benzene rings is 1. The van der Waals surface area contributed by atoms with Gasteiger partial charge < -0.3 is 4.74 Å². The van der Waals surface area contributed by atoms with Crippen LogP contribution in [0, 0.1) is 11.5 Å². The summed E-state index contributed by atoms with van der Waals surface area (Å²) in [5.74, 6) is 3.98. The predicted octanol–water partition coefficient (Wildman–Crippen LogP) is 2.63. The van der Waals surface area contributed by atoms with E-state index in [1.165, 1.54) is 5.57 Å². The molecule has 0 aliphatic carbocycles. The minimum atomic E-state index is 0.581. The van der Waals surface area contributed by atoms with Crippen molar-refractivity contribution in [3.05, 3.63) is 41.1 Å². The summed E-state index contributed by atoms with van der Waals surface area (Å²) in [5, 5.41) is 0. The van der Waals surface area contributed by atoms with E-state index in [-0.39, 0.29) is 0 Å². The van der Waals surface area contributed by atoms with Crippen molar-refractivity contribution in [2.24, 2.45) is 0 Å². The highest BCUT2D eigenvalue weighted by molar-refractivity contribution is 6.52. The highest BCUT2D eigenvalue weighted by Gasteiger charge is 1.89. The maximum absolute atomic E-state index is 5.07. The Morgan fingerprint density at radius 1 is 1.27 bits per heavy atom. The molecule has 0 bridgehead atoms. The van der Waals surface area contributed by atoms with Crippen LogP contribution in [-0.2, 0) is 0 Å². The van der Waals surface area contributed by atoms with Gasteiger partial charge in [0.25, 0.3) is 0 Å². The van der Waals surface area contributed by atoms with Gasteiger partial charge in [0.05, 0.1) is 7.11 Å². The maximum atomic E-state index is 5.07. The molecule has 0 atom stereocenters. The normalized spacial score (nSPS) is 8.73. The Morgan fingerprint density at radius 3 is 2.47 bits per heavy atom. The van der Waals surface area contributed by atoms with Gasteiger partial charge in [-0.25, -0.2) is 0 Å². The number of rotatable bonds is 2. The van der Waals surface area contributed by atoms with Gasteiger partial charge in [0.1, 0.15) is 5.75 Å². The molecule has 0 spiro atoms. The van der Waals surface area contributed by atoms with E-state index in [4.69, 9.17) is 4.74 Å². The van der Waals surface area contributed by atoms with Gasteiger partial charge in [0.2, 0.25) is 0 Å². The molecule has 0 saturated heterocycles. The van der Waals surface area contributed by atoms with Gasteiger partial charge in [0.15, 0.2) is 9.52 Å². The lowest BCUT2D eigenvalue weighted by Gasteiger charge is -1.97. The molecular weight excluding hydrogens is 200 g/mol. The van der Waals surface area contributed by atoms with Crippen molar-refractivity contribution in [1.29, 1.82) is 0 Å². The Labute approximate surface area is 94.0 Å². The standard InChI is InChI=1S/C13H14OSi/c1-11(2)10-15-9-8-12-4-6-13(14-3)7-5-12/h4-7,10H,1-3H3. The molecule has 0 saturated carbocycles. The first-order chi connectivity index (χ1) is 7.22. The number of ether oxygens (including phenoxy) is 1. The quantitative estimate of drug-likeness (QED) is 0.543. The average Bonchev–Trinajstić information content (AvgIpc) is 2.25. The Kier molecular flexibility index (Phi) is 4.72. The van der Waals surface area contributed by atoms with Crippen LogP contribution in [0.5, 0.6) is 5.75 Å². The molecule has 0 amide bonds. The van der Waals surface area contributed by atoms with Crippen LogP contribution >= 0.6 is 0 Å². The van der Waals surface area contributed by atoms with E-state index in [2.05, 4.69) is 31.0 Å². The molecule has 1 aromatic rings. The van der Waals surface area contributed by atoms with Crippen molar-refractivity contribution in [2.75, 3.05) is 7.11 Å². The van der Waals surface area contributed by atoms with Crippen LogP contribution in [-0.4, -0.2) is 16.6 Å². The summed E-state index contributed by atoms with van der Waals surface area (Å²) in [6.45, 7) is 4.17.